The van der Waals surface area contributed by atoms with Crippen LogP contribution in [0.5, 0.6) is 0 Å². The molecule has 1 aromatic rings. The maximum absolute atomic E-state index is 13.5. The number of nitrogens with one attached hydrogen (secondary N) is 1. The smallest absolute Gasteiger partial charge is 0.239 e. The first kappa shape index (κ1) is 16.4. The highest BCUT2D eigenvalue weighted by molar-refractivity contribution is 5.93. The summed E-state index contributed by atoms with van der Waals surface area (Å²) < 4.78 is 13.5. The van der Waals surface area contributed by atoms with Gasteiger partial charge in [0.1, 0.15) is 5.82 Å². The number of halogens is 1. The van der Waals surface area contributed by atoms with Crippen LogP contribution in [0.15, 0.2) is 18.2 Å². The zero-order chi connectivity index (χ0) is 16.3. The zero-order valence-corrected chi connectivity index (χ0v) is 13.2. The normalized spacial score (nSPS) is 18.3. The van der Waals surface area contributed by atoms with Crippen LogP contribution in [0.2, 0.25) is 0 Å². The lowest BCUT2D eigenvalue weighted by molar-refractivity contribution is -0.133. The Kier molecular flexibility index (Phi) is 5.13. The molecule has 0 aromatic heterocycles. The van der Waals surface area contributed by atoms with E-state index in [2.05, 4.69) is 5.32 Å². The van der Waals surface area contributed by atoms with E-state index in [-0.39, 0.29) is 30.2 Å². The Bertz CT molecular complexity index is 575. The highest BCUT2D eigenvalue weighted by Gasteiger charge is 2.32. The van der Waals surface area contributed by atoms with Crippen molar-refractivity contribution in [3.8, 4) is 0 Å². The third-order valence-corrected chi connectivity index (χ3v) is 3.89. The summed E-state index contributed by atoms with van der Waals surface area (Å²) >= 11 is 0. The quantitative estimate of drug-likeness (QED) is 0.920. The summed E-state index contributed by atoms with van der Waals surface area (Å²) in [6.07, 6.45) is 1.67. The van der Waals surface area contributed by atoms with Crippen molar-refractivity contribution in [3.63, 3.8) is 0 Å². The van der Waals surface area contributed by atoms with Crippen molar-refractivity contribution in [3.05, 3.63) is 29.6 Å². The number of aryl methyl sites for hydroxylation is 1. The first-order valence-corrected chi connectivity index (χ1v) is 7.39. The summed E-state index contributed by atoms with van der Waals surface area (Å²) in [4.78, 5) is 27.6. The molecule has 1 N–H and O–H groups in total. The van der Waals surface area contributed by atoms with Gasteiger partial charge in [0, 0.05) is 19.8 Å². The molecule has 0 radical (unpaired) electrons. The van der Waals surface area contributed by atoms with Crippen LogP contribution >= 0.6 is 0 Å². The number of hydrogen-bond donors (Lipinski definition) is 1. The number of hydrogen-bond acceptors (Lipinski definition) is 3. The topological polar surface area (TPSA) is 52.7 Å². The molecule has 2 rings (SSSR count). The van der Waals surface area contributed by atoms with Gasteiger partial charge in [0.05, 0.1) is 12.6 Å². The van der Waals surface area contributed by atoms with Crippen LogP contribution in [0.1, 0.15) is 18.4 Å². The fraction of sp³-hybridized carbons (Fsp3) is 0.500. The zero-order valence-electron chi connectivity index (χ0n) is 13.2. The van der Waals surface area contributed by atoms with Crippen molar-refractivity contribution in [2.75, 3.05) is 32.5 Å². The van der Waals surface area contributed by atoms with Crippen molar-refractivity contribution in [2.24, 2.45) is 0 Å². The second kappa shape index (κ2) is 6.87. The minimum Gasteiger partial charge on any atom is -0.347 e. The minimum atomic E-state index is -0.348. The van der Waals surface area contributed by atoms with Crippen LogP contribution in [0.4, 0.5) is 10.1 Å². The minimum absolute atomic E-state index is 0.0201. The van der Waals surface area contributed by atoms with Crippen LogP contribution < -0.4 is 5.32 Å². The Labute approximate surface area is 130 Å². The lowest BCUT2D eigenvalue weighted by atomic mass is 10.2. The molecule has 0 unspecified atom stereocenters. The molecule has 1 aliphatic rings. The molecule has 1 atom stereocenters. The van der Waals surface area contributed by atoms with Gasteiger partial charge in [0.15, 0.2) is 0 Å². The number of carbonyl (C=O) groups excluding carboxylic acids is 2. The van der Waals surface area contributed by atoms with Gasteiger partial charge >= 0.3 is 0 Å². The SMILES string of the molecule is Cc1ccc(NC(=O)CN2CCC[C@H]2C(=O)N(C)C)cc1F. The Morgan fingerprint density at radius 2 is 2.14 bits per heavy atom. The van der Waals surface area contributed by atoms with Crippen molar-refractivity contribution in [1.82, 2.24) is 9.80 Å². The molecule has 22 heavy (non-hydrogen) atoms. The van der Waals surface area contributed by atoms with Crippen LogP contribution in [0, 0.1) is 12.7 Å². The number of amides is 2. The molecule has 0 spiro atoms. The number of likely N-dealkylation sites (tertiary alicyclic amines) is 1. The van der Waals surface area contributed by atoms with Gasteiger partial charge in [-0.25, -0.2) is 4.39 Å². The van der Waals surface area contributed by atoms with Crippen molar-refractivity contribution < 1.29 is 14.0 Å². The molecule has 1 heterocycles. The Hall–Kier alpha value is -1.95. The van der Waals surface area contributed by atoms with E-state index in [9.17, 15) is 14.0 Å². The van der Waals surface area contributed by atoms with Gasteiger partial charge < -0.3 is 10.2 Å². The fourth-order valence-corrected chi connectivity index (χ4v) is 2.65. The standard InChI is InChI=1S/C16H22FN3O2/c1-11-6-7-12(9-13(11)17)18-15(21)10-20-8-4-5-14(20)16(22)19(2)3/h6-7,9,14H,4-5,8,10H2,1-3H3,(H,18,21)/t14-/m0/s1. The predicted octanol–water partition coefficient (Wildman–Crippen LogP) is 1.63. The van der Waals surface area contributed by atoms with Gasteiger partial charge in [-0.1, -0.05) is 6.07 Å². The van der Waals surface area contributed by atoms with Gasteiger partial charge in [-0.15, -0.1) is 0 Å². The Morgan fingerprint density at radius 1 is 1.41 bits per heavy atom. The van der Waals surface area contributed by atoms with E-state index in [1.807, 2.05) is 4.90 Å². The number of rotatable bonds is 4. The molecule has 0 bridgehead atoms. The van der Waals surface area contributed by atoms with Gasteiger partial charge in [0.2, 0.25) is 11.8 Å². The number of carbonyl (C=O) groups is 2. The fourth-order valence-electron chi connectivity index (χ4n) is 2.65. The summed E-state index contributed by atoms with van der Waals surface area (Å²) in [5.74, 6) is -0.562. The third kappa shape index (κ3) is 3.82. The number of anilines is 1. The molecular weight excluding hydrogens is 285 g/mol. The first-order valence-electron chi connectivity index (χ1n) is 7.39. The Balaban J connectivity index is 1.96. The second-order valence-corrected chi connectivity index (χ2v) is 5.87. The number of likely N-dealkylation sites (N-methyl/N-ethyl adjacent to an activating group) is 1. The van der Waals surface area contributed by atoms with E-state index in [1.54, 1.807) is 38.1 Å². The summed E-state index contributed by atoms with van der Waals surface area (Å²) in [5.41, 5.74) is 0.969. The van der Waals surface area contributed by atoms with E-state index < -0.39 is 0 Å². The monoisotopic (exact) mass is 307 g/mol. The summed E-state index contributed by atoms with van der Waals surface area (Å²) in [6, 6.07) is 4.36. The maximum atomic E-state index is 13.5. The molecule has 1 aliphatic heterocycles. The summed E-state index contributed by atoms with van der Waals surface area (Å²) in [5, 5.41) is 2.68. The summed E-state index contributed by atoms with van der Waals surface area (Å²) in [7, 11) is 3.43. The highest BCUT2D eigenvalue weighted by Crippen LogP contribution is 2.19. The molecule has 0 saturated carbocycles. The van der Waals surface area contributed by atoms with E-state index in [4.69, 9.17) is 0 Å². The molecular formula is C16H22FN3O2. The van der Waals surface area contributed by atoms with Crippen LogP contribution in [0.25, 0.3) is 0 Å². The van der Waals surface area contributed by atoms with Gasteiger partial charge in [-0.3, -0.25) is 14.5 Å². The highest BCUT2D eigenvalue weighted by atomic mass is 19.1. The first-order chi connectivity index (χ1) is 10.4. The molecule has 0 aliphatic carbocycles. The molecule has 120 valence electrons. The van der Waals surface area contributed by atoms with Gasteiger partial charge in [-0.2, -0.15) is 0 Å². The van der Waals surface area contributed by atoms with Crippen molar-refractivity contribution >= 4 is 17.5 Å². The average Bonchev–Trinajstić information content (AvgIpc) is 2.89. The molecule has 6 heteroatoms. The lowest BCUT2D eigenvalue weighted by Gasteiger charge is -2.25. The maximum Gasteiger partial charge on any atom is 0.239 e. The van der Waals surface area contributed by atoms with Crippen molar-refractivity contribution in [1.29, 1.82) is 0 Å². The van der Waals surface area contributed by atoms with E-state index in [1.165, 1.54) is 6.07 Å². The largest absolute Gasteiger partial charge is 0.347 e. The molecule has 2 amide bonds. The Morgan fingerprint density at radius 3 is 2.77 bits per heavy atom. The van der Waals surface area contributed by atoms with Crippen LogP contribution in [0.3, 0.4) is 0 Å². The van der Waals surface area contributed by atoms with Gasteiger partial charge in [0.25, 0.3) is 0 Å². The van der Waals surface area contributed by atoms with E-state index >= 15 is 0 Å². The molecule has 5 nitrogen and oxygen atoms in total. The summed E-state index contributed by atoms with van der Waals surface area (Å²) in [6.45, 7) is 2.53. The number of benzene rings is 1. The van der Waals surface area contributed by atoms with E-state index in [0.717, 1.165) is 19.4 Å². The average molecular weight is 307 g/mol. The van der Waals surface area contributed by atoms with E-state index in [0.29, 0.717) is 11.3 Å². The third-order valence-electron chi connectivity index (χ3n) is 3.89. The molecule has 1 saturated heterocycles. The molecule has 1 aromatic carbocycles. The van der Waals surface area contributed by atoms with Gasteiger partial charge in [-0.05, 0) is 44.0 Å². The second-order valence-electron chi connectivity index (χ2n) is 5.87. The van der Waals surface area contributed by atoms with Crippen molar-refractivity contribution in [2.45, 2.75) is 25.8 Å². The van der Waals surface area contributed by atoms with Crippen LogP contribution in [-0.4, -0.2) is 54.8 Å². The number of nitrogens with zero attached hydrogens (tertiary/aromatic N) is 2. The predicted molar refractivity (Wildman–Crippen MR) is 83.1 cm³/mol. The lowest BCUT2D eigenvalue weighted by Crippen LogP contribution is -2.45. The van der Waals surface area contributed by atoms with Crippen LogP contribution in [-0.2, 0) is 9.59 Å². The molecule has 1 fully saturated rings.